The van der Waals surface area contributed by atoms with Crippen molar-refractivity contribution in [3.8, 4) is 11.5 Å². The van der Waals surface area contributed by atoms with Crippen LogP contribution in [0.1, 0.15) is 37.1 Å². The average Bonchev–Trinajstić information content (AvgIpc) is 3.08. The third kappa shape index (κ3) is 3.27. The van der Waals surface area contributed by atoms with E-state index in [1.54, 1.807) is 18.3 Å². The number of rotatable bonds is 5. The van der Waals surface area contributed by atoms with Crippen molar-refractivity contribution in [1.82, 2.24) is 9.38 Å². The summed E-state index contributed by atoms with van der Waals surface area (Å²) in [6.07, 6.45) is 5.09. The fraction of sp³-hybridized carbons (Fsp3) is 0.273. The van der Waals surface area contributed by atoms with Crippen LogP contribution >= 0.6 is 11.6 Å². The third-order valence-electron chi connectivity index (χ3n) is 4.76. The number of nitrogens with zero attached hydrogens (tertiary/aromatic N) is 2. The van der Waals surface area contributed by atoms with Gasteiger partial charge in [-0.25, -0.2) is 4.98 Å². The van der Waals surface area contributed by atoms with Gasteiger partial charge in [0.25, 0.3) is 5.56 Å². The van der Waals surface area contributed by atoms with Crippen LogP contribution in [0.15, 0.2) is 41.3 Å². The Labute approximate surface area is 168 Å². The van der Waals surface area contributed by atoms with E-state index in [1.807, 2.05) is 32.0 Å². The predicted molar refractivity (Wildman–Crippen MR) is 111 cm³/mol. The van der Waals surface area contributed by atoms with Crippen LogP contribution in [0.5, 0.6) is 11.5 Å². The molecule has 0 bridgehead atoms. The molecule has 0 spiro atoms. The standard InChI is InChI=1S/C22H21ClN2O3/c1-3-27-18-7-5-6-15(21(18)28-4-2)12-14-8-10-17-20(14)24-19-11-9-16(23)13-25(19)22(17)26/h5-7,9,11-13H,3-4,8,10H2,1-2H3. The van der Waals surface area contributed by atoms with Gasteiger partial charge in [-0.05, 0) is 56.5 Å². The van der Waals surface area contributed by atoms with Crippen LogP contribution in [0.2, 0.25) is 5.02 Å². The number of aromatic nitrogens is 2. The highest BCUT2D eigenvalue weighted by atomic mass is 35.5. The molecule has 28 heavy (non-hydrogen) atoms. The molecule has 3 aromatic rings. The van der Waals surface area contributed by atoms with Crippen molar-refractivity contribution in [3.63, 3.8) is 0 Å². The molecule has 2 aromatic heterocycles. The lowest BCUT2D eigenvalue weighted by Gasteiger charge is -2.14. The Morgan fingerprint density at radius 2 is 1.96 bits per heavy atom. The molecule has 0 fully saturated rings. The highest BCUT2D eigenvalue weighted by Gasteiger charge is 2.23. The summed E-state index contributed by atoms with van der Waals surface area (Å²) in [5.74, 6) is 1.44. The lowest BCUT2D eigenvalue weighted by atomic mass is 10.1. The van der Waals surface area contributed by atoms with Crippen molar-refractivity contribution < 1.29 is 9.47 Å². The number of pyridine rings is 1. The van der Waals surface area contributed by atoms with Gasteiger partial charge in [-0.2, -0.15) is 0 Å². The van der Waals surface area contributed by atoms with E-state index in [1.165, 1.54) is 4.40 Å². The number of benzene rings is 1. The highest BCUT2D eigenvalue weighted by molar-refractivity contribution is 6.30. The van der Waals surface area contributed by atoms with Gasteiger partial charge in [-0.15, -0.1) is 0 Å². The van der Waals surface area contributed by atoms with Crippen LogP contribution in [0.3, 0.4) is 0 Å². The normalized spacial score (nSPS) is 14.5. The van der Waals surface area contributed by atoms with E-state index >= 15 is 0 Å². The summed E-state index contributed by atoms with van der Waals surface area (Å²) < 4.78 is 13.1. The second-order valence-corrected chi connectivity index (χ2v) is 6.97. The van der Waals surface area contributed by atoms with E-state index in [2.05, 4.69) is 6.08 Å². The summed E-state index contributed by atoms with van der Waals surface area (Å²) >= 11 is 6.04. The first-order chi connectivity index (χ1) is 13.6. The zero-order valence-electron chi connectivity index (χ0n) is 15.9. The lowest BCUT2D eigenvalue weighted by molar-refractivity contribution is 0.287. The molecule has 2 heterocycles. The van der Waals surface area contributed by atoms with Crippen LogP contribution in [0.25, 0.3) is 17.3 Å². The Bertz CT molecular complexity index is 1130. The molecular weight excluding hydrogens is 376 g/mol. The van der Waals surface area contributed by atoms with Crippen LogP contribution in [-0.2, 0) is 6.42 Å². The zero-order valence-corrected chi connectivity index (χ0v) is 16.6. The largest absolute Gasteiger partial charge is 0.490 e. The van der Waals surface area contributed by atoms with Gasteiger partial charge in [-0.1, -0.05) is 23.7 Å². The van der Waals surface area contributed by atoms with Crippen LogP contribution in [-0.4, -0.2) is 22.6 Å². The van der Waals surface area contributed by atoms with E-state index in [9.17, 15) is 4.79 Å². The molecular formula is C22H21ClN2O3. The van der Waals surface area contributed by atoms with Crippen molar-refractivity contribution in [2.24, 2.45) is 0 Å². The Balaban J connectivity index is 1.85. The fourth-order valence-electron chi connectivity index (χ4n) is 3.56. The molecule has 5 nitrogen and oxygen atoms in total. The first kappa shape index (κ1) is 18.6. The molecule has 0 unspecified atom stereocenters. The minimum absolute atomic E-state index is 0.0565. The Kier molecular flexibility index (Phi) is 5.09. The quantitative estimate of drug-likeness (QED) is 0.630. The van der Waals surface area contributed by atoms with Crippen LogP contribution < -0.4 is 15.0 Å². The maximum Gasteiger partial charge on any atom is 0.261 e. The molecule has 0 saturated heterocycles. The highest BCUT2D eigenvalue weighted by Crippen LogP contribution is 2.37. The molecule has 0 amide bonds. The Morgan fingerprint density at radius 1 is 1.14 bits per heavy atom. The van der Waals surface area contributed by atoms with Gasteiger partial charge in [0.1, 0.15) is 5.65 Å². The van der Waals surface area contributed by atoms with E-state index in [0.29, 0.717) is 30.3 Å². The first-order valence-corrected chi connectivity index (χ1v) is 9.80. The maximum absolute atomic E-state index is 12.9. The van der Waals surface area contributed by atoms with Crippen LogP contribution in [0.4, 0.5) is 0 Å². The summed E-state index contributed by atoms with van der Waals surface area (Å²) in [4.78, 5) is 17.6. The molecule has 0 aliphatic heterocycles. The van der Waals surface area contributed by atoms with Gasteiger partial charge in [-0.3, -0.25) is 9.20 Å². The van der Waals surface area contributed by atoms with Crippen molar-refractivity contribution in [1.29, 1.82) is 0 Å². The third-order valence-corrected chi connectivity index (χ3v) is 4.98. The molecule has 0 radical (unpaired) electrons. The van der Waals surface area contributed by atoms with E-state index in [0.717, 1.165) is 40.3 Å². The molecule has 144 valence electrons. The number of hydrogen-bond acceptors (Lipinski definition) is 4. The van der Waals surface area contributed by atoms with Gasteiger partial charge in [0.2, 0.25) is 0 Å². The van der Waals surface area contributed by atoms with Gasteiger partial charge in [0.05, 0.1) is 23.9 Å². The molecule has 1 aromatic carbocycles. The SMILES string of the molecule is CCOc1cccc(C=C2CCc3c2nc2ccc(Cl)cn2c3=O)c1OCC. The number of hydrogen-bond donors (Lipinski definition) is 0. The molecule has 6 heteroatoms. The molecule has 1 aliphatic carbocycles. The van der Waals surface area contributed by atoms with Gasteiger partial charge in [0, 0.05) is 17.3 Å². The van der Waals surface area contributed by atoms with E-state index < -0.39 is 0 Å². The smallest absolute Gasteiger partial charge is 0.261 e. The van der Waals surface area contributed by atoms with Gasteiger partial charge >= 0.3 is 0 Å². The summed E-state index contributed by atoms with van der Waals surface area (Å²) in [6.45, 7) is 5.00. The maximum atomic E-state index is 12.9. The second-order valence-electron chi connectivity index (χ2n) is 6.53. The lowest BCUT2D eigenvalue weighted by Crippen LogP contribution is -2.19. The number of halogens is 1. The van der Waals surface area contributed by atoms with Crippen molar-refractivity contribution in [2.75, 3.05) is 13.2 Å². The Morgan fingerprint density at radius 3 is 2.75 bits per heavy atom. The molecule has 0 saturated carbocycles. The summed E-state index contributed by atoms with van der Waals surface area (Å²) in [5, 5.41) is 0.513. The zero-order chi connectivity index (χ0) is 19.7. The fourth-order valence-corrected chi connectivity index (χ4v) is 3.72. The number of fused-ring (bicyclic) bond motifs is 2. The van der Waals surface area contributed by atoms with Crippen molar-refractivity contribution >= 4 is 28.9 Å². The second kappa shape index (κ2) is 7.68. The van der Waals surface area contributed by atoms with E-state index in [4.69, 9.17) is 26.1 Å². The molecule has 4 rings (SSSR count). The minimum Gasteiger partial charge on any atom is -0.490 e. The first-order valence-electron chi connectivity index (χ1n) is 9.42. The van der Waals surface area contributed by atoms with Gasteiger partial charge in [0.15, 0.2) is 11.5 Å². The average molecular weight is 397 g/mol. The molecule has 0 N–H and O–H groups in total. The predicted octanol–water partition coefficient (Wildman–Crippen LogP) is 4.63. The summed E-state index contributed by atoms with van der Waals surface area (Å²) in [7, 11) is 0. The number of para-hydroxylation sites is 1. The number of ether oxygens (including phenoxy) is 2. The van der Waals surface area contributed by atoms with Crippen LogP contribution in [0, 0.1) is 0 Å². The van der Waals surface area contributed by atoms with Crippen molar-refractivity contribution in [2.45, 2.75) is 26.7 Å². The van der Waals surface area contributed by atoms with E-state index in [-0.39, 0.29) is 5.56 Å². The number of allylic oxidation sites excluding steroid dienone is 1. The van der Waals surface area contributed by atoms with Gasteiger partial charge < -0.3 is 9.47 Å². The molecule has 1 aliphatic rings. The van der Waals surface area contributed by atoms with Crippen molar-refractivity contribution in [3.05, 3.63) is 68.7 Å². The topological polar surface area (TPSA) is 52.8 Å². The Hall–Kier alpha value is -2.79. The summed E-state index contributed by atoms with van der Waals surface area (Å²) in [5.41, 5.74) is 3.97. The summed E-state index contributed by atoms with van der Waals surface area (Å²) in [6, 6.07) is 9.35. The monoisotopic (exact) mass is 396 g/mol. The molecule has 0 atom stereocenters. The minimum atomic E-state index is -0.0565.